The minimum Gasteiger partial charge on any atom is -0.495 e. The summed E-state index contributed by atoms with van der Waals surface area (Å²) < 4.78 is 5.00. The Bertz CT molecular complexity index is 370. The van der Waals surface area contributed by atoms with E-state index in [0.29, 0.717) is 10.8 Å². The van der Waals surface area contributed by atoms with E-state index < -0.39 is 0 Å². The molecule has 0 aliphatic heterocycles. The van der Waals surface area contributed by atoms with Crippen molar-refractivity contribution < 1.29 is 9.53 Å². The number of ether oxygens (including phenoxy) is 1. The number of rotatable bonds is 3. The minimum absolute atomic E-state index is 0.0111. The summed E-state index contributed by atoms with van der Waals surface area (Å²) in [6, 6.07) is 5.35. The summed E-state index contributed by atoms with van der Waals surface area (Å²) in [6.45, 7) is 1.50. The third-order valence-electron chi connectivity index (χ3n) is 1.69. The molecule has 3 heteroatoms. The summed E-state index contributed by atoms with van der Waals surface area (Å²) >= 11 is 5.90. The average Bonchev–Trinajstić information content (AvgIpc) is 2.15. The van der Waals surface area contributed by atoms with Crippen LogP contribution in [0.15, 0.2) is 24.3 Å². The predicted octanol–water partition coefficient (Wildman–Crippen LogP) is 2.95. The number of benzene rings is 1. The predicted molar refractivity (Wildman–Crippen MR) is 57.7 cm³/mol. The third-order valence-corrected chi connectivity index (χ3v) is 1.98. The smallest absolute Gasteiger partial charge is 0.152 e. The van der Waals surface area contributed by atoms with Crippen molar-refractivity contribution >= 4 is 23.5 Å². The van der Waals surface area contributed by atoms with Gasteiger partial charge in [0.05, 0.1) is 12.1 Å². The van der Waals surface area contributed by atoms with Gasteiger partial charge in [-0.15, -0.1) is 0 Å². The third kappa shape index (κ3) is 2.89. The molecule has 0 heterocycles. The van der Waals surface area contributed by atoms with E-state index in [9.17, 15) is 4.79 Å². The van der Waals surface area contributed by atoms with Gasteiger partial charge in [0.25, 0.3) is 0 Å². The SMILES string of the molecule is COc1ccc(C=CC(C)=O)cc1Cl. The van der Waals surface area contributed by atoms with E-state index in [1.165, 1.54) is 13.0 Å². The van der Waals surface area contributed by atoms with Crippen molar-refractivity contribution in [3.8, 4) is 5.75 Å². The van der Waals surface area contributed by atoms with E-state index in [0.717, 1.165) is 5.56 Å². The first-order valence-electron chi connectivity index (χ1n) is 4.15. The normalized spacial score (nSPS) is 10.5. The van der Waals surface area contributed by atoms with Crippen LogP contribution in [0.25, 0.3) is 6.08 Å². The maximum atomic E-state index is 10.7. The van der Waals surface area contributed by atoms with E-state index in [-0.39, 0.29) is 5.78 Å². The second-order valence-electron chi connectivity index (χ2n) is 2.84. The molecule has 74 valence electrons. The van der Waals surface area contributed by atoms with Crippen molar-refractivity contribution in [2.45, 2.75) is 6.92 Å². The van der Waals surface area contributed by atoms with Gasteiger partial charge in [0.15, 0.2) is 5.78 Å². The highest BCUT2D eigenvalue weighted by Gasteiger charge is 1.99. The molecule has 0 fully saturated rings. The fraction of sp³-hybridized carbons (Fsp3) is 0.182. The highest BCUT2D eigenvalue weighted by atomic mass is 35.5. The fourth-order valence-corrected chi connectivity index (χ4v) is 1.27. The van der Waals surface area contributed by atoms with Gasteiger partial charge in [0.2, 0.25) is 0 Å². The van der Waals surface area contributed by atoms with Crippen molar-refractivity contribution in [2.75, 3.05) is 7.11 Å². The van der Waals surface area contributed by atoms with E-state index in [4.69, 9.17) is 16.3 Å². The van der Waals surface area contributed by atoms with Gasteiger partial charge in [-0.3, -0.25) is 4.79 Å². The van der Waals surface area contributed by atoms with Crippen molar-refractivity contribution in [1.82, 2.24) is 0 Å². The first-order chi connectivity index (χ1) is 6.63. The number of ketones is 1. The number of hydrogen-bond acceptors (Lipinski definition) is 2. The fourth-order valence-electron chi connectivity index (χ4n) is 1.000. The molecule has 2 nitrogen and oxygen atoms in total. The molecule has 1 rings (SSSR count). The Kier molecular flexibility index (Phi) is 3.72. The Hall–Kier alpha value is -1.28. The van der Waals surface area contributed by atoms with Gasteiger partial charge in [-0.05, 0) is 30.7 Å². The van der Waals surface area contributed by atoms with Gasteiger partial charge in [0, 0.05) is 0 Å². The van der Waals surface area contributed by atoms with Crippen LogP contribution < -0.4 is 4.74 Å². The lowest BCUT2D eigenvalue weighted by molar-refractivity contribution is -0.112. The second kappa shape index (κ2) is 4.82. The summed E-state index contributed by atoms with van der Waals surface area (Å²) in [5, 5.41) is 0.540. The molecular weight excluding hydrogens is 200 g/mol. The quantitative estimate of drug-likeness (QED) is 0.717. The van der Waals surface area contributed by atoms with E-state index in [1.54, 1.807) is 25.3 Å². The Morgan fingerprint density at radius 1 is 1.50 bits per heavy atom. The van der Waals surface area contributed by atoms with Gasteiger partial charge in [0.1, 0.15) is 5.75 Å². The van der Waals surface area contributed by atoms with Crippen LogP contribution in [0.5, 0.6) is 5.75 Å². The molecule has 0 unspecified atom stereocenters. The lowest BCUT2D eigenvalue weighted by Gasteiger charge is -2.02. The lowest BCUT2D eigenvalue weighted by atomic mass is 10.2. The largest absolute Gasteiger partial charge is 0.495 e. The minimum atomic E-state index is 0.0111. The number of hydrogen-bond donors (Lipinski definition) is 0. The zero-order chi connectivity index (χ0) is 10.6. The standard InChI is InChI=1S/C11H11ClO2/c1-8(13)3-4-9-5-6-11(14-2)10(12)7-9/h3-7H,1-2H3. The summed E-state index contributed by atoms with van der Waals surface area (Å²) in [4.78, 5) is 10.7. The summed E-state index contributed by atoms with van der Waals surface area (Å²) in [7, 11) is 1.56. The molecule has 0 radical (unpaired) electrons. The van der Waals surface area contributed by atoms with E-state index >= 15 is 0 Å². The zero-order valence-electron chi connectivity index (χ0n) is 8.08. The molecule has 0 saturated heterocycles. The van der Waals surface area contributed by atoms with Crippen LogP contribution in [0.3, 0.4) is 0 Å². The number of carbonyl (C=O) groups excluding carboxylic acids is 1. The molecule has 0 atom stereocenters. The highest BCUT2D eigenvalue weighted by molar-refractivity contribution is 6.32. The molecule has 1 aromatic carbocycles. The van der Waals surface area contributed by atoms with Gasteiger partial charge in [-0.25, -0.2) is 0 Å². The Labute approximate surface area is 88.1 Å². The van der Waals surface area contributed by atoms with Crippen LogP contribution in [0.1, 0.15) is 12.5 Å². The van der Waals surface area contributed by atoms with E-state index in [2.05, 4.69) is 0 Å². The molecule has 1 aromatic rings. The number of allylic oxidation sites excluding steroid dienone is 1. The molecule has 0 spiro atoms. The molecule has 14 heavy (non-hydrogen) atoms. The summed E-state index contributed by atoms with van der Waals surface area (Å²) in [5.74, 6) is 0.642. The maximum Gasteiger partial charge on any atom is 0.152 e. The number of methoxy groups -OCH3 is 1. The Morgan fingerprint density at radius 3 is 2.71 bits per heavy atom. The zero-order valence-corrected chi connectivity index (χ0v) is 8.84. The van der Waals surface area contributed by atoms with Gasteiger partial charge >= 0.3 is 0 Å². The average molecular weight is 211 g/mol. The number of halogens is 1. The summed E-state index contributed by atoms with van der Waals surface area (Å²) in [6.07, 6.45) is 3.21. The van der Waals surface area contributed by atoms with Crippen LogP contribution in [0.2, 0.25) is 5.02 Å². The van der Waals surface area contributed by atoms with Crippen LogP contribution in [-0.2, 0) is 4.79 Å². The lowest BCUT2D eigenvalue weighted by Crippen LogP contribution is -1.85. The molecule has 0 N–H and O–H groups in total. The van der Waals surface area contributed by atoms with Gasteiger partial charge in [-0.1, -0.05) is 23.7 Å². The van der Waals surface area contributed by atoms with Gasteiger partial charge < -0.3 is 4.74 Å². The first-order valence-corrected chi connectivity index (χ1v) is 4.53. The van der Waals surface area contributed by atoms with Crippen LogP contribution in [0, 0.1) is 0 Å². The van der Waals surface area contributed by atoms with Crippen LogP contribution in [0.4, 0.5) is 0 Å². The highest BCUT2D eigenvalue weighted by Crippen LogP contribution is 2.25. The molecule has 0 aliphatic carbocycles. The monoisotopic (exact) mass is 210 g/mol. The van der Waals surface area contributed by atoms with Crippen molar-refractivity contribution in [3.05, 3.63) is 34.9 Å². The molecule has 0 bridgehead atoms. The molecular formula is C11H11ClO2. The van der Waals surface area contributed by atoms with Crippen molar-refractivity contribution in [2.24, 2.45) is 0 Å². The van der Waals surface area contributed by atoms with Gasteiger partial charge in [-0.2, -0.15) is 0 Å². The molecule has 0 aliphatic rings. The first kappa shape index (κ1) is 10.8. The number of carbonyl (C=O) groups is 1. The van der Waals surface area contributed by atoms with Crippen molar-refractivity contribution in [1.29, 1.82) is 0 Å². The maximum absolute atomic E-state index is 10.7. The van der Waals surface area contributed by atoms with Crippen LogP contribution >= 0.6 is 11.6 Å². The molecule has 0 aromatic heterocycles. The molecule has 0 amide bonds. The van der Waals surface area contributed by atoms with Crippen LogP contribution in [-0.4, -0.2) is 12.9 Å². The topological polar surface area (TPSA) is 26.3 Å². The second-order valence-corrected chi connectivity index (χ2v) is 3.25. The van der Waals surface area contributed by atoms with Crippen molar-refractivity contribution in [3.63, 3.8) is 0 Å². The summed E-state index contributed by atoms with van der Waals surface area (Å²) in [5.41, 5.74) is 0.881. The Balaban J connectivity index is 2.91. The van der Waals surface area contributed by atoms with E-state index in [1.807, 2.05) is 6.07 Å². The molecule has 0 saturated carbocycles. The Morgan fingerprint density at radius 2 is 2.21 bits per heavy atom.